The number of anilines is 3. The molecule has 144 valence electrons. The molecule has 0 fully saturated rings. The number of amides is 1. The largest absolute Gasteiger partial charge is 0.340 e. The van der Waals surface area contributed by atoms with Crippen LogP contribution in [-0.4, -0.2) is 26.0 Å². The van der Waals surface area contributed by atoms with E-state index in [1.807, 2.05) is 0 Å². The number of hydrogen-bond acceptors (Lipinski definition) is 8. The molecule has 10 heteroatoms. The summed E-state index contributed by atoms with van der Waals surface area (Å²) in [5, 5.41) is 6.64. The van der Waals surface area contributed by atoms with E-state index in [-0.39, 0.29) is 23.1 Å². The number of nitrogens with zero attached hydrogens (tertiary/aromatic N) is 4. The molecule has 3 heterocycles. The molecule has 0 bridgehead atoms. The number of hydrogen-bond donors (Lipinski definition) is 3. The van der Waals surface area contributed by atoms with Crippen molar-refractivity contribution >= 4 is 23.4 Å². The molecule has 0 aliphatic carbocycles. The van der Waals surface area contributed by atoms with E-state index < -0.39 is 11.7 Å². The number of nitrogens with one attached hydrogen (secondary N) is 3. The van der Waals surface area contributed by atoms with Crippen molar-refractivity contribution in [1.82, 2.24) is 25.5 Å². The van der Waals surface area contributed by atoms with Crippen molar-refractivity contribution in [1.29, 1.82) is 0 Å². The van der Waals surface area contributed by atoms with Gasteiger partial charge in [0.05, 0.1) is 11.3 Å². The highest BCUT2D eigenvalue weighted by molar-refractivity contribution is 5.99. The zero-order valence-corrected chi connectivity index (χ0v) is 14.8. The maximum absolute atomic E-state index is 13.9. The van der Waals surface area contributed by atoms with Crippen LogP contribution < -0.4 is 16.2 Å². The first-order chi connectivity index (χ1) is 14.2. The minimum absolute atomic E-state index is 0.00216. The van der Waals surface area contributed by atoms with Gasteiger partial charge in [-0.1, -0.05) is 17.3 Å². The summed E-state index contributed by atoms with van der Waals surface area (Å²) in [5.41, 5.74) is 6.11. The highest BCUT2D eigenvalue weighted by Crippen LogP contribution is 2.21. The number of rotatable bonds is 6. The van der Waals surface area contributed by atoms with Gasteiger partial charge in [-0.2, -0.15) is 4.98 Å². The Labute approximate surface area is 164 Å². The van der Waals surface area contributed by atoms with Crippen LogP contribution in [0.5, 0.6) is 0 Å². The van der Waals surface area contributed by atoms with E-state index in [0.717, 1.165) is 0 Å². The molecule has 0 radical (unpaired) electrons. The summed E-state index contributed by atoms with van der Waals surface area (Å²) in [6.45, 7) is 0. The molecule has 29 heavy (non-hydrogen) atoms. The number of benzene rings is 1. The molecule has 0 aliphatic rings. The van der Waals surface area contributed by atoms with Crippen LogP contribution in [0.2, 0.25) is 0 Å². The van der Waals surface area contributed by atoms with Crippen LogP contribution in [0.15, 0.2) is 71.6 Å². The first-order valence-electron chi connectivity index (χ1n) is 8.48. The molecular formula is C19H14FN7O2. The molecule has 4 rings (SSSR count). The fraction of sp³-hybridized carbons (Fsp3) is 0. The van der Waals surface area contributed by atoms with Crippen molar-refractivity contribution in [2.75, 3.05) is 10.7 Å². The lowest BCUT2D eigenvalue weighted by atomic mass is 10.2. The summed E-state index contributed by atoms with van der Waals surface area (Å²) < 4.78 is 18.9. The number of hydrazine groups is 1. The predicted molar refractivity (Wildman–Crippen MR) is 103 cm³/mol. The molecular weight excluding hydrogens is 377 g/mol. The van der Waals surface area contributed by atoms with Crippen LogP contribution in [0, 0.1) is 5.82 Å². The third kappa shape index (κ3) is 4.16. The lowest BCUT2D eigenvalue weighted by Gasteiger charge is -2.11. The lowest BCUT2D eigenvalue weighted by molar-refractivity contribution is 0.0961. The molecule has 0 saturated heterocycles. The van der Waals surface area contributed by atoms with Gasteiger partial charge >= 0.3 is 6.01 Å². The van der Waals surface area contributed by atoms with Crippen molar-refractivity contribution in [3.8, 4) is 11.4 Å². The second-order valence-electron chi connectivity index (χ2n) is 5.74. The summed E-state index contributed by atoms with van der Waals surface area (Å²) in [6.07, 6.45) is 4.70. The van der Waals surface area contributed by atoms with E-state index in [1.165, 1.54) is 12.3 Å². The average molecular weight is 391 g/mol. The van der Waals surface area contributed by atoms with Crippen LogP contribution in [0.25, 0.3) is 11.4 Å². The molecule has 0 atom stereocenters. The Morgan fingerprint density at radius 2 is 1.83 bits per heavy atom. The third-order valence-electron chi connectivity index (χ3n) is 3.83. The highest BCUT2D eigenvalue weighted by Gasteiger charge is 2.15. The third-order valence-corrected chi connectivity index (χ3v) is 3.83. The molecule has 0 spiro atoms. The zero-order valence-electron chi connectivity index (χ0n) is 14.8. The molecule has 1 amide bonds. The normalized spacial score (nSPS) is 10.4. The molecule has 3 aromatic heterocycles. The molecule has 0 unspecified atom stereocenters. The monoisotopic (exact) mass is 391 g/mol. The van der Waals surface area contributed by atoms with Gasteiger partial charge in [-0.15, -0.1) is 0 Å². The highest BCUT2D eigenvalue weighted by atomic mass is 19.1. The zero-order chi connectivity index (χ0) is 20.1. The van der Waals surface area contributed by atoms with Crippen molar-refractivity contribution in [2.24, 2.45) is 0 Å². The SMILES string of the molecule is O=C(NNc1nc(-c2ccncc2)no1)c1cccnc1Nc1ccccc1F. The lowest BCUT2D eigenvalue weighted by Crippen LogP contribution is -2.30. The van der Waals surface area contributed by atoms with Crippen LogP contribution in [0.3, 0.4) is 0 Å². The van der Waals surface area contributed by atoms with Crippen molar-refractivity contribution in [3.05, 3.63) is 78.5 Å². The molecule has 9 nitrogen and oxygen atoms in total. The van der Waals surface area contributed by atoms with Gasteiger partial charge in [0.25, 0.3) is 5.91 Å². The van der Waals surface area contributed by atoms with Crippen molar-refractivity contribution < 1.29 is 13.7 Å². The summed E-state index contributed by atoms with van der Waals surface area (Å²) in [6, 6.07) is 12.7. The fourth-order valence-corrected chi connectivity index (χ4v) is 2.45. The predicted octanol–water partition coefficient (Wildman–Crippen LogP) is 3.17. The van der Waals surface area contributed by atoms with Crippen LogP contribution in [-0.2, 0) is 0 Å². The summed E-state index contributed by atoms with van der Waals surface area (Å²) >= 11 is 0. The van der Waals surface area contributed by atoms with E-state index in [4.69, 9.17) is 4.52 Å². The first-order valence-corrected chi connectivity index (χ1v) is 8.48. The molecule has 0 saturated carbocycles. The Hall–Kier alpha value is -4.34. The standard InChI is InChI=1S/C19H14FN7O2/c20-14-5-1-2-6-15(14)23-17-13(4-3-9-22-17)18(28)25-26-19-24-16(27-29-19)12-7-10-21-11-8-12/h1-11H,(H,22,23)(H,25,28)(H,24,26,27). The van der Waals surface area contributed by atoms with Crippen LogP contribution >= 0.6 is 0 Å². The van der Waals surface area contributed by atoms with E-state index >= 15 is 0 Å². The average Bonchev–Trinajstić information content (AvgIpc) is 3.24. The van der Waals surface area contributed by atoms with Gasteiger partial charge in [0.15, 0.2) is 0 Å². The smallest absolute Gasteiger partial charge is 0.337 e. The minimum Gasteiger partial charge on any atom is -0.337 e. The van der Waals surface area contributed by atoms with E-state index in [2.05, 4.69) is 36.3 Å². The van der Waals surface area contributed by atoms with Gasteiger partial charge < -0.3 is 9.84 Å². The van der Waals surface area contributed by atoms with Gasteiger partial charge in [-0.3, -0.25) is 15.2 Å². The van der Waals surface area contributed by atoms with Gasteiger partial charge in [0.1, 0.15) is 11.6 Å². The minimum atomic E-state index is -0.527. The van der Waals surface area contributed by atoms with E-state index in [9.17, 15) is 9.18 Å². The Kier molecular flexibility index (Phi) is 5.06. The van der Waals surface area contributed by atoms with Crippen LogP contribution in [0.4, 0.5) is 21.9 Å². The molecule has 4 aromatic rings. The number of halogens is 1. The van der Waals surface area contributed by atoms with Gasteiger partial charge in [0, 0.05) is 24.2 Å². The maximum Gasteiger partial charge on any atom is 0.340 e. The second-order valence-corrected chi connectivity index (χ2v) is 5.74. The van der Waals surface area contributed by atoms with Gasteiger partial charge in [0.2, 0.25) is 5.82 Å². The molecule has 0 aliphatic heterocycles. The quantitative estimate of drug-likeness (QED) is 0.429. The second kappa shape index (κ2) is 8.13. The topological polar surface area (TPSA) is 118 Å². The first kappa shape index (κ1) is 18.0. The van der Waals surface area contributed by atoms with Crippen molar-refractivity contribution in [3.63, 3.8) is 0 Å². The fourth-order valence-electron chi connectivity index (χ4n) is 2.45. The number of aromatic nitrogens is 4. The van der Waals surface area contributed by atoms with Crippen LogP contribution in [0.1, 0.15) is 10.4 Å². The Morgan fingerprint density at radius 3 is 2.66 bits per heavy atom. The van der Waals surface area contributed by atoms with Crippen molar-refractivity contribution in [2.45, 2.75) is 0 Å². The van der Waals surface area contributed by atoms with E-state index in [1.54, 1.807) is 54.9 Å². The van der Waals surface area contributed by atoms with Gasteiger partial charge in [-0.25, -0.2) is 14.8 Å². The maximum atomic E-state index is 13.9. The van der Waals surface area contributed by atoms with Gasteiger partial charge in [-0.05, 0) is 36.4 Å². The Bertz CT molecular complexity index is 1130. The Morgan fingerprint density at radius 1 is 1.00 bits per heavy atom. The number of para-hydroxylation sites is 1. The van der Waals surface area contributed by atoms with E-state index in [0.29, 0.717) is 11.4 Å². The summed E-state index contributed by atoms with van der Waals surface area (Å²) in [7, 11) is 0. The number of carbonyl (C=O) groups is 1. The summed E-state index contributed by atoms with van der Waals surface area (Å²) in [5.74, 6) is -0.454. The Balaban J connectivity index is 1.46. The molecule has 3 N–H and O–H groups in total. The number of carbonyl (C=O) groups excluding carboxylic acids is 1. The summed E-state index contributed by atoms with van der Waals surface area (Å²) in [4.78, 5) is 24.7. The number of pyridine rings is 2. The molecule has 1 aromatic carbocycles.